The van der Waals surface area contributed by atoms with Gasteiger partial charge in [0.05, 0.1) is 5.71 Å². The van der Waals surface area contributed by atoms with E-state index in [0.29, 0.717) is 17.4 Å². The van der Waals surface area contributed by atoms with Gasteiger partial charge < -0.3 is 10.2 Å². The number of hydrogen-bond donors (Lipinski definition) is 1. The Labute approximate surface area is 213 Å². The van der Waals surface area contributed by atoms with Crippen molar-refractivity contribution in [2.24, 2.45) is 5.16 Å². The Balaban J connectivity index is 1.55. The van der Waals surface area contributed by atoms with Gasteiger partial charge in [0.15, 0.2) is 11.4 Å². The molecule has 1 heterocycles. The highest BCUT2D eigenvalue weighted by Gasteiger charge is 2.37. The number of aryl methyl sites for hydroxylation is 2. The molecule has 5 nitrogen and oxygen atoms in total. The lowest BCUT2D eigenvalue weighted by Crippen LogP contribution is -2.33. The molecule has 0 saturated heterocycles. The molecule has 0 saturated carbocycles. The summed E-state index contributed by atoms with van der Waals surface area (Å²) in [6.07, 6.45) is -4.46. The van der Waals surface area contributed by atoms with Gasteiger partial charge in [-0.15, -0.1) is 0 Å². The zero-order valence-corrected chi connectivity index (χ0v) is 21.3. The molecule has 194 valence electrons. The number of Topliss-reactive ketones (excluding diaryl/α,β-unsaturated/α-hetero) is 1. The maximum Gasteiger partial charge on any atom is 0.405 e. The van der Waals surface area contributed by atoms with Crippen LogP contribution in [0.5, 0.6) is 0 Å². The van der Waals surface area contributed by atoms with Crippen LogP contribution < -0.4 is 5.32 Å². The lowest BCUT2D eigenvalue weighted by molar-refractivity contribution is -0.138. The van der Waals surface area contributed by atoms with E-state index in [2.05, 4.69) is 38.1 Å². The molecule has 8 heteroatoms. The molecule has 1 amide bonds. The minimum absolute atomic E-state index is 0.193. The van der Waals surface area contributed by atoms with Gasteiger partial charge in [0.25, 0.3) is 0 Å². The van der Waals surface area contributed by atoms with Crippen LogP contribution in [0, 0.1) is 20.8 Å². The highest BCUT2D eigenvalue weighted by atomic mass is 19.4. The first-order chi connectivity index (χ1) is 17.4. The fraction of sp³-hybridized carbons (Fsp3) is 0.345. The molecule has 0 aromatic heterocycles. The predicted molar refractivity (Wildman–Crippen MR) is 137 cm³/mol. The number of fused-ring (bicyclic) bond motifs is 1. The third-order valence-electron chi connectivity index (χ3n) is 7.00. The largest absolute Gasteiger partial charge is 0.405 e. The van der Waals surface area contributed by atoms with Crippen molar-refractivity contribution in [2.45, 2.75) is 58.7 Å². The first-order valence-corrected chi connectivity index (χ1v) is 12.1. The number of carbonyl (C=O) groups is 2. The fourth-order valence-electron chi connectivity index (χ4n) is 4.62. The Kier molecular flexibility index (Phi) is 7.13. The quantitative estimate of drug-likeness (QED) is 0.372. The molecule has 1 N–H and O–H groups in total. The van der Waals surface area contributed by atoms with E-state index < -0.39 is 24.2 Å². The molecular formula is C29H29F3N2O3. The zero-order valence-electron chi connectivity index (χ0n) is 21.3. The molecular weight excluding hydrogens is 481 g/mol. The Morgan fingerprint density at radius 1 is 1.00 bits per heavy atom. The van der Waals surface area contributed by atoms with Gasteiger partial charge in [-0.2, -0.15) is 13.2 Å². The van der Waals surface area contributed by atoms with E-state index in [9.17, 15) is 22.8 Å². The summed E-state index contributed by atoms with van der Waals surface area (Å²) in [5.74, 6) is -1.13. The van der Waals surface area contributed by atoms with Crippen LogP contribution in [-0.2, 0) is 15.2 Å². The number of nitrogens with zero attached hydrogens (tertiary/aromatic N) is 1. The number of carbonyl (C=O) groups excluding carboxylic acids is 2. The Morgan fingerprint density at radius 2 is 1.65 bits per heavy atom. The van der Waals surface area contributed by atoms with Crippen molar-refractivity contribution in [3.8, 4) is 0 Å². The van der Waals surface area contributed by atoms with Crippen LogP contribution in [0.15, 0.2) is 53.7 Å². The van der Waals surface area contributed by atoms with Crippen molar-refractivity contribution in [1.29, 1.82) is 0 Å². The number of halogens is 3. The van der Waals surface area contributed by atoms with Gasteiger partial charge in [0, 0.05) is 30.4 Å². The molecule has 3 aromatic carbocycles. The molecule has 3 aromatic rings. The SMILES string of the molecule is Cc1cc([C@]2(C)CC(c3ccc(C(=O)CCC(=O)NCC(F)(F)F)c4ccccc34)=NO2)cc(C)c1C. The second-order valence-corrected chi connectivity index (χ2v) is 9.79. The Hall–Kier alpha value is -3.68. The van der Waals surface area contributed by atoms with Gasteiger partial charge >= 0.3 is 6.18 Å². The average Bonchev–Trinajstić information content (AvgIpc) is 3.26. The topological polar surface area (TPSA) is 67.8 Å². The minimum Gasteiger partial charge on any atom is -0.384 e. The highest BCUT2D eigenvalue weighted by molar-refractivity contribution is 6.17. The number of benzene rings is 3. The molecule has 0 fully saturated rings. The molecule has 1 aliphatic heterocycles. The fourth-order valence-corrected chi connectivity index (χ4v) is 4.62. The third kappa shape index (κ3) is 5.68. The molecule has 37 heavy (non-hydrogen) atoms. The zero-order chi connectivity index (χ0) is 27.0. The number of hydrogen-bond acceptors (Lipinski definition) is 4. The van der Waals surface area contributed by atoms with Gasteiger partial charge in [-0.05, 0) is 60.7 Å². The van der Waals surface area contributed by atoms with Gasteiger partial charge in [0.2, 0.25) is 5.91 Å². The summed E-state index contributed by atoms with van der Waals surface area (Å²) in [6.45, 7) is 6.85. The van der Waals surface area contributed by atoms with E-state index in [4.69, 9.17) is 4.84 Å². The van der Waals surface area contributed by atoms with Crippen molar-refractivity contribution in [2.75, 3.05) is 6.54 Å². The van der Waals surface area contributed by atoms with Gasteiger partial charge in [-0.25, -0.2) is 0 Å². The number of nitrogens with one attached hydrogen (secondary N) is 1. The molecule has 1 aliphatic rings. The summed E-state index contributed by atoms with van der Waals surface area (Å²) in [6, 6.07) is 15.2. The van der Waals surface area contributed by atoms with E-state index in [1.165, 1.54) is 16.7 Å². The lowest BCUT2D eigenvalue weighted by atomic mass is 9.85. The van der Waals surface area contributed by atoms with Crippen molar-refractivity contribution in [3.63, 3.8) is 0 Å². The number of rotatable bonds is 7. The minimum atomic E-state index is -4.49. The van der Waals surface area contributed by atoms with Crippen LogP contribution in [0.25, 0.3) is 10.8 Å². The summed E-state index contributed by atoms with van der Waals surface area (Å²) >= 11 is 0. The molecule has 0 aliphatic carbocycles. The van der Waals surface area contributed by atoms with E-state index in [0.717, 1.165) is 22.2 Å². The maximum atomic E-state index is 12.9. The van der Waals surface area contributed by atoms with Crippen molar-refractivity contribution >= 4 is 28.2 Å². The Bertz CT molecular complexity index is 1390. The predicted octanol–water partition coefficient (Wildman–Crippen LogP) is 6.45. The number of ketones is 1. The molecule has 0 bridgehead atoms. The van der Waals surface area contributed by atoms with E-state index >= 15 is 0 Å². The van der Waals surface area contributed by atoms with Crippen molar-refractivity contribution in [3.05, 3.63) is 81.9 Å². The van der Waals surface area contributed by atoms with Crippen LogP contribution in [-0.4, -0.2) is 30.1 Å². The monoisotopic (exact) mass is 510 g/mol. The second kappa shape index (κ2) is 10.00. The van der Waals surface area contributed by atoms with E-state index in [1.54, 1.807) is 11.4 Å². The standard InChI is InChI=1S/C29H29F3N2O3/c1-17-13-20(14-18(2)19(17)3)28(4)15-25(34-37-28)23-9-10-24(22-8-6-5-7-21(22)23)26(35)11-12-27(36)33-16-29(30,31)32/h5-10,13-14H,11-12,15-16H2,1-4H3,(H,33,36)/t28-/m0/s1. The van der Waals surface area contributed by atoms with Crippen LogP contribution >= 0.6 is 0 Å². The summed E-state index contributed by atoms with van der Waals surface area (Å²) in [7, 11) is 0. The van der Waals surface area contributed by atoms with Crippen LogP contribution in [0.1, 0.15) is 64.4 Å². The number of alkyl halides is 3. The molecule has 0 spiro atoms. The summed E-state index contributed by atoms with van der Waals surface area (Å²) < 4.78 is 36.9. The number of amides is 1. The average molecular weight is 511 g/mol. The first-order valence-electron chi connectivity index (χ1n) is 12.1. The third-order valence-corrected chi connectivity index (χ3v) is 7.00. The molecule has 0 unspecified atom stereocenters. The highest BCUT2D eigenvalue weighted by Crippen LogP contribution is 2.39. The normalized spacial score (nSPS) is 17.4. The molecule has 0 radical (unpaired) electrons. The van der Waals surface area contributed by atoms with Gasteiger partial charge in [0.1, 0.15) is 6.54 Å². The lowest BCUT2D eigenvalue weighted by Gasteiger charge is -2.24. The van der Waals surface area contributed by atoms with Gasteiger partial charge in [-0.3, -0.25) is 9.59 Å². The Morgan fingerprint density at radius 3 is 2.30 bits per heavy atom. The number of oxime groups is 1. The summed E-state index contributed by atoms with van der Waals surface area (Å²) in [5, 5.41) is 7.74. The maximum absolute atomic E-state index is 12.9. The van der Waals surface area contributed by atoms with E-state index in [1.807, 2.05) is 37.3 Å². The van der Waals surface area contributed by atoms with Crippen molar-refractivity contribution < 1.29 is 27.6 Å². The van der Waals surface area contributed by atoms with Crippen LogP contribution in [0.2, 0.25) is 0 Å². The van der Waals surface area contributed by atoms with Gasteiger partial charge in [-0.1, -0.05) is 53.7 Å². The molecule has 4 rings (SSSR count). The first kappa shape index (κ1) is 26.4. The van der Waals surface area contributed by atoms with Crippen LogP contribution in [0.4, 0.5) is 13.2 Å². The second-order valence-electron chi connectivity index (χ2n) is 9.79. The summed E-state index contributed by atoms with van der Waals surface area (Å²) in [4.78, 5) is 30.7. The van der Waals surface area contributed by atoms with Crippen LogP contribution in [0.3, 0.4) is 0 Å². The smallest absolute Gasteiger partial charge is 0.384 e. The summed E-state index contributed by atoms with van der Waals surface area (Å²) in [5.41, 5.74) is 6.07. The van der Waals surface area contributed by atoms with Crippen molar-refractivity contribution in [1.82, 2.24) is 5.32 Å². The van der Waals surface area contributed by atoms with E-state index in [-0.39, 0.29) is 18.6 Å². The molecule has 1 atom stereocenters.